The Morgan fingerprint density at radius 3 is 2.09 bits per heavy atom. The van der Waals surface area contributed by atoms with Gasteiger partial charge in [-0.3, -0.25) is 5.41 Å². The second-order valence-electron chi connectivity index (χ2n) is 8.99. The number of alkyl halides is 3. The number of nitrogens with two attached hydrogens (primary N) is 2. The summed E-state index contributed by atoms with van der Waals surface area (Å²) in [6.45, 7) is 1.98. The van der Waals surface area contributed by atoms with Crippen LogP contribution in [0.5, 0.6) is 0 Å². The van der Waals surface area contributed by atoms with Gasteiger partial charge in [-0.05, 0) is 35.7 Å². The van der Waals surface area contributed by atoms with Gasteiger partial charge in [-0.2, -0.15) is 13.2 Å². The van der Waals surface area contributed by atoms with E-state index in [1.54, 1.807) is 49.5 Å². The van der Waals surface area contributed by atoms with Crippen LogP contribution in [0.3, 0.4) is 0 Å². The third-order valence-corrected chi connectivity index (χ3v) is 6.97. The van der Waals surface area contributed by atoms with Crippen molar-refractivity contribution in [3.05, 3.63) is 101 Å². The molecule has 0 aliphatic carbocycles. The zero-order valence-electron chi connectivity index (χ0n) is 22.6. The molecule has 4 aromatic rings. The molecule has 0 amide bonds. The maximum atomic E-state index is 13.0. The third-order valence-electron chi connectivity index (χ3n) is 6.00. The summed E-state index contributed by atoms with van der Waals surface area (Å²) in [6, 6.07) is 21.0. The summed E-state index contributed by atoms with van der Waals surface area (Å²) >= 11 is 0. The first-order valence-corrected chi connectivity index (χ1v) is 14.0. The number of nitrogens with one attached hydrogen (secondary N) is 2. The van der Waals surface area contributed by atoms with Crippen LogP contribution in [0.15, 0.2) is 83.9 Å². The van der Waals surface area contributed by atoms with E-state index in [1.807, 2.05) is 30.3 Å². The van der Waals surface area contributed by atoms with Gasteiger partial charge in [0.1, 0.15) is 5.84 Å². The highest BCUT2D eigenvalue weighted by Gasteiger charge is 2.38. The van der Waals surface area contributed by atoms with Gasteiger partial charge < -0.3 is 20.6 Å². The van der Waals surface area contributed by atoms with Gasteiger partial charge in [0.05, 0.1) is 17.1 Å². The van der Waals surface area contributed by atoms with Crippen molar-refractivity contribution >= 4 is 27.8 Å². The van der Waals surface area contributed by atoms with E-state index in [2.05, 4.69) is 4.98 Å². The summed E-state index contributed by atoms with van der Waals surface area (Å²) in [7, 11) is -3.89. The normalized spacial score (nSPS) is 11.3. The first-order chi connectivity index (χ1) is 20.1. The van der Waals surface area contributed by atoms with Gasteiger partial charge >= 0.3 is 18.1 Å². The number of hydrogen-bond donors (Lipinski definition) is 5. The number of ether oxygens (including phenoxy) is 1. The molecule has 0 aliphatic rings. The van der Waals surface area contributed by atoms with Gasteiger partial charge in [-0.25, -0.2) is 23.1 Å². The highest BCUT2D eigenvalue weighted by molar-refractivity contribution is 7.89. The highest BCUT2D eigenvalue weighted by Crippen LogP contribution is 2.32. The minimum atomic E-state index is -5.08. The van der Waals surface area contributed by atoms with Crippen molar-refractivity contribution in [2.75, 3.05) is 6.61 Å². The van der Waals surface area contributed by atoms with E-state index in [-0.39, 0.29) is 17.3 Å². The van der Waals surface area contributed by atoms with Crippen molar-refractivity contribution in [2.24, 2.45) is 10.9 Å². The number of hydrogen-bond acceptors (Lipinski definition) is 6. The Hall–Kier alpha value is -4.95. The topological polar surface area (TPSA) is 189 Å². The molecule has 0 aliphatic heterocycles. The Kier molecular flexibility index (Phi) is 10.1. The molecule has 10 nitrogen and oxygen atoms in total. The molecule has 3 aromatic carbocycles. The van der Waals surface area contributed by atoms with Gasteiger partial charge in [0.2, 0.25) is 10.0 Å². The zero-order valence-corrected chi connectivity index (χ0v) is 23.4. The molecule has 43 heavy (non-hydrogen) atoms. The SMILES string of the molecule is CCOC(=O)c1c(-c2ccc(-c3ccccc3S(N)(=O)=O)cc2)c[nH]c1Cc1cccc(C(=N)N)c1.O=C(O)C(F)(F)F. The lowest BCUT2D eigenvalue weighted by Gasteiger charge is -2.10. The molecule has 1 heterocycles. The quantitative estimate of drug-likeness (QED) is 0.108. The lowest BCUT2D eigenvalue weighted by molar-refractivity contribution is -0.192. The predicted octanol–water partition coefficient (Wildman–Crippen LogP) is 4.68. The number of H-pyrrole nitrogens is 1. The van der Waals surface area contributed by atoms with Crippen LogP contribution in [0.1, 0.15) is 34.1 Å². The largest absolute Gasteiger partial charge is 0.490 e. The van der Waals surface area contributed by atoms with Crippen LogP contribution in [0, 0.1) is 5.41 Å². The number of aromatic nitrogens is 1. The van der Waals surface area contributed by atoms with Gasteiger partial charge in [-0.1, -0.05) is 60.7 Å². The van der Waals surface area contributed by atoms with Gasteiger partial charge in [-0.15, -0.1) is 0 Å². The zero-order chi connectivity index (χ0) is 31.9. The van der Waals surface area contributed by atoms with E-state index < -0.39 is 28.1 Å². The fourth-order valence-electron chi connectivity index (χ4n) is 4.11. The molecule has 0 saturated heterocycles. The van der Waals surface area contributed by atoms with Crippen LogP contribution in [0.2, 0.25) is 0 Å². The fourth-order valence-corrected chi connectivity index (χ4v) is 4.87. The first kappa shape index (κ1) is 32.6. The minimum Gasteiger partial charge on any atom is -0.475 e. The first-order valence-electron chi connectivity index (χ1n) is 12.5. The van der Waals surface area contributed by atoms with Gasteiger partial charge in [0.15, 0.2) is 0 Å². The number of nitrogen functional groups attached to an aromatic ring is 1. The fraction of sp³-hybridized carbons (Fsp3) is 0.138. The number of esters is 1. The number of rotatable bonds is 8. The van der Waals surface area contributed by atoms with E-state index in [9.17, 15) is 26.4 Å². The monoisotopic (exact) mass is 616 g/mol. The molecule has 0 radical (unpaired) electrons. The summed E-state index contributed by atoms with van der Waals surface area (Å²) in [5.74, 6) is -3.23. The standard InChI is InChI=1S/C27H26N4O4S.C2HF3O2/c1-2-35-27(32)25-22(16-31-23(25)15-17-6-5-7-20(14-17)26(28)29)19-12-10-18(11-13-19)21-8-3-4-9-24(21)36(30,33)34;3-2(4,5)1(6)7/h3-14,16,31H,2,15H2,1H3,(H3,28,29)(H2,30,33,34);(H,6,7). The molecule has 7 N–H and O–H groups in total. The molecule has 0 atom stereocenters. The van der Waals surface area contributed by atoms with Crippen LogP contribution < -0.4 is 10.9 Å². The number of aromatic amines is 1. The van der Waals surface area contributed by atoms with E-state index in [1.165, 1.54) is 6.07 Å². The highest BCUT2D eigenvalue weighted by atomic mass is 32.2. The number of carbonyl (C=O) groups excluding carboxylic acids is 1. The Bertz CT molecular complexity index is 1750. The molecular weight excluding hydrogens is 589 g/mol. The second-order valence-corrected chi connectivity index (χ2v) is 10.5. The minimum absolute atomic E-state index is 0.0289. The molecule has 0 spiro atoms. The van der Waals surface area contributed by atoms with E-state index in [4.69, 9.17) is 30.9 Å². The number of halogens is 3. The molecule has 226 valence electrons. The number of benzene rings is 3. The Morgan fingerprint density at radius 1 is 0.977 bits per heavy atom. The maximum absolute atomic E-state index is 13.0. The van der Waals surface area contributed by atoms with Crippen LogP contribution in [-0.2, 0) is 26.0 Å². The molecule has 0 fully saturated rings. The van der Waals surface area contributed by atoms with Crippen LogP contribution >= 0.6 is 0 Å². The van der Waals surface area contributed by atoms with E-state index >= 15 is 0 Å². The van der Waals surface area contributed by atoms with Crippen LogP contribution in [0.25, 0.3) is 22.3 Å². The van der Waals surface area contributed by atoms with Crippen molar-refractivity contribution in [3.8, 4) is 22.3 Å². The second kappa shape index (κ2) is 13.4. The van der Waals surface area contributed by atoms with Crippen molar-refractivity contribution in [3.63, 3.8) is 0 Å². The van der Waals surface area contributed by atoms with Crippen LogP contribution in [0.4, 0.5) is 13.2 Å². The number of carbonyl (C=O) groups is 2. The lowest BCUT2D eigenvalue weighted by Crippen LogP contribution is -2.21. The average Bonchev–Trinajstić information content (AvgIpc) is 3.36. The number of carboxylic acid groups (broad SMARTS) is 1. The van der Waals surface area contributed by atoms with E-state index in [0.717, 1.165) is 11.1 Å². The van der Waals surface area contributed by atoms with E-state index in [0.29, 0.717) is 39.9 Å². The van der Waals surface area contributed by atoms with Gasteiger partial charge in [0, 0.05) is 35.0 Å². The van der Waals surface area contributed by atoms with Crippen molar-refractivity contribution in [1.82, 2.24) is 4.98 Å². The van der Waals surface area contributed by atoms with Crippen molar-refractivity contribution < 1.29 is 41.0 Å². The molecular formula is C29H27F3N4O6S. The summed E-state index contributed by atoms with van der Waals surface area (Å²) in [4.78, 5) is 25.1. The maximum Gasteiger partial charge on any atom is 0.490 e. The average molecular weight is 617 g/mol. The van der Waals surface area contributed by atoms with Crippen molar-refractivity contribution in [1.29, 1.82) is 5.41 Å². The Balaban J connectivity index is 0.000000646. The molecule has 14 heteroatoms. The Labute approximate surface area is 244 Å². The summed E-state index contributed by atoms with van der Waals surface area (Å²) in [6.07, 6.45) is -2.92. The van der Waals surface area contributed by atoms with Crippen LogP contribution in [-0.4, -0.2) is 49.1 Å². The van der Waals surface area contributed by atoms with Gasteiger partial charge in [0.25, 0.3) is 0 Å². The molecule has 0 saturated carbocycles. The molecule has 0 bridgehead atoms. The molecule has 4 rings (SSSR count). The number of primary sulfonamides is 1. The Morgan fingerprint density at radius 2 is 1.56 bits per heavy atom. The smallest absolute Gasteiger partial charge is 0.475 e. The summed E-state index contributed by atoms with van der Waals surface area (Å²) < 4.78 is 61.1. The summed E-state index contributed by atoms with van der Waals surface area (Å²) in [5, 5.41) is 20.2. The predicted molar refractivity (Wildman–Crippen MR) is 153 cm³/mol. The molecule has 0 unspecified atom stereocenters. The summed E-state index contributed by atoms with van der Waals surface area (Å²) in [5.41, 5.74) is 10.8. The third kappa shape index (κ3) is 8.30. The number of carboxylic acids is 1. The number of amidine groups is 1. The molecule has 1 aromatic heterocycles. The lowest BCUT2D eigenvalue weighted by atomic mass is 9.97. The van der Waals surface area contributed by atoms with Crippen molar-refractivity contribution in [2.45, 2.75) is 24.4 Å². The number of sulfonamides is 1. The number of aliphatic carboxylic acids is 1.